The first-order chi connectivity index (χ1) is 26.6. The number of para-hydroxylation sites is 2. The van der Waals surface area contributed by atoms with Gasteiger partial charge in [0.25, 0.3) is 0 Å². The van der Waals surface area contributed by atoms with Crippen LogP contribution in [0.3, 0.4) is 0 Å². The number of aryl methyl sites for hydroxylation is 1. The smallest absolute Gasteiger partial charge is 0.127 e. The second kappa shape index (κ2) is 15.6. The van der Waals surface area contributed by atoms with Crippen molar-refractivity contribution in [2.24, 2.45) is 0 Å². The molecule has 262 valence electrons. The van der Waals surface area contributed by atoms with E-state index in [1.165, 1.54) is 5.56 Å². The largest absolute Gasteiger partial charge is 0.457 e. The Morgan fingerprint density at radius 3 is 0.944 bits per heavy atom. The zero-order valence-corrected chi connectivity index (χ0v) is 29.9. The first kappa shape index (κ1) is 33.9. The highest BCUT2D eigenvalue weighted by molar-refractivity contribution is 5.81. The van der Waals surface area contributed by atoms with Crippen molar-refractivity contribution in [2.75, 3.05) is 15.5 Å². The molecule has 0 unspecified atom stereocenters. The van der Waals surface area contributed by atoms with E-state index in [9.17, 15) is 0 Å². The van der Waals surface area contributed by atoms with Crippen molar-refractivity contribution in [1.82, 2.24) is 0 Å². The molecule has 0 aliphatic rings. The Balaban J connectivity index is 1.03. The summed E-state index contributed by atoms with van der Waals surface area (Å²) in [5.41, 5.74) is 16.3. The second-order valence-corrected chi connectivity index (χ2v) is 13.0. The van der Waals surface area contributed by atoms with Crippen molar-refractivity contribution >= 4 is 39.8 Å². The average Bonchev–Trinajstić information content (AvgIpc) is 3.22. The van der Waals surface area contributed by atoms with Gasteiger partial charge in [0.05, 0.1) is 0 Å². The van der Waals surface area contributed by atoms with Crippen molar-refractivity contribution < 1.29 is 9.47 Å². The predicted molar refractivity (Wildman–Crippen MR) is 223 cm³/mol. The van der Waals surface area contributed by atoms with Crippen LogP contribution in [-0.2, 0) is 0 Å². The summed E-state index contributed by atoms with van der Waals surface area (Å²) in [6, 6.07) is 70.1. The number of nitrogens with zero attached hydrogens (tertiary/aromatic N) is 2. The maximum atomic E-state index is 6.12. The SMILES string of the molecule is Cc1ccc(Oc2ccc(N(c3ccccc3)c3ccc(-c4ccc(N(c5ccccc5)c5ccc(Oc6ccc(N)cc6)cc5)cc4)cc3)cc2)cc1. The number of hydrogen-bond acceptors (Lipinski definition) is 5. The molecule has 0 spiro atoms. The van der Waals surface area contributed by atoms with Gasteiger partial charge in [-0.3, -0.25) is 0 Å². The minimum atomic E-state index is 0.705. The molecule has 0 amide bonds. The molecule has 0 fully saturated rings. The highest BCUT2D eigenvalue weighted by atomic mass is 16.5. The summed E-state index contributed by atoms with van der Waals surface area (Å²) in [5, 5.41) is 0. The first-order valence-electron chi connectivity index (χ1n) is 17.9. The fourth-order valence-corrected chi connectivity index (χ4v) is 6.40. The lowest BCUT2D eigenvalue weighted by Crippen LogP contribution is -2.10. The lowest BCUT2D eigenvalue weighted by atomic mass is 10.0. The van der Waals surface area contributed by atoms with Gasteiger partial charge in [-0.25, -0.2) is 0 Å². The van der Waals surface area contributed by atoms with Gasteiger partial charge in [0.15, 0.2) is 0 Å². The van der Waals surface area contributed by atoms with Gasteiger partial charge in [-0.2, -0.15) is 0 Å². The van der Waals surface area contributed by atoms with Crippen LogP contribution in [0.2, 0.25) is 0 Å². The van der Waals surface area contributed by atoms with Crippen molar-refractivity contribution in [3.05, 3.63) is 212 Å². The first-order valence-corrected chi connectivity index (χ1v) is 17.9. The van der Waals surface area contributed by atoms with Crippen LogP contribution in [0.5, 0.6) is 23.0 Å². The summed E-state index contributed by atoms with van der Waals surface area (Å²) in [7, 11) is 0. The molecule has 8 rings (SSSR count). The van der Waals surface area contributed by atoms with Gasteiger partial charge in [0.1, 0.15) is 23.0 Å². The maximum absolute atomic E-state index is 6.12. The number of nitrogens with two attached hydrogens (primary N) is 1. The van der Waals surface area contributed by atoms with Crippen molar-refractivity contribution in [2.45, 2.75) is 6.92 Å². The van der Waals surface area contributed by atoms with E-state index in [-0.39, 0.29) is 0 Å². The Morgan fingerprint density at radius 1 is 0.315 bits per heavy atom. The van der Waals surface area contributed by atoms with Crippen LogP contribution in [0.4, 0.5) is 39.8 Å². The Labute approximate surface area is 316 Å². The standard InChI is InChI=1S/C49H39N3O2/c1-36-12-28-46(29-13-36)53-48-32-24-44(25-33-48)51(40-8-4-2-5-9-40)42-20-14-37(15-21-42)38-16-22-43(23-17-38)52(41-10-6-3-7-11-41)45-26-34-49(35-27-45)54-47-30-18-39(50)19-31-47/h2-35H,50H2,1H3. The van der Waals surface area contributed by atoms with E-state index in [0.717, 1.165) is 68.2 Å². The normalized spacial score (nSPS) is 10.8. The summed E-state index contributed by atoms with van der Waals surface area (Å²) >= 11 is 0. The molecule has 0 aromatic heterocycles. The van der Waals surface area contributed by atoms with Crippen LogP contribution in [0.1, 0.15) is 5.56 Å². The summed E-state index contributed by atoms with van der Waals surface area (Å²) in [6.45, 7) is 2.07. The highest BCUT2D eigenvalue weighted by Gasteiger charge is 2.15. The molecule has 0 aliphatic heterocycles. The summed E-state index contributed by atoms with van der Waals surface area (Å²) in [6.07, 6.45) is 0. The summed E-state index contributed by atoms with van der Waals surface area (Å²) < 4.78 is 12.2. The number of benzene rings is 8. The minimum Gasteiger partial charge on any atom is -0.457 e. The molecule has 54 heavy (non-hydrogen) atoms. The van der Waals surface area contributed by atoms with Gasteiger partial charge in [0.2, 0.25) is 0 Å². The van der Waals surface area contributed by atoms with Gasteiger partial charge >= 0.3 is 0 Å². The number of rotatable bonds is 11. The van der Waals surface area contributed by atoms with Crippen LogP contribution < -0.4 is 25.0 Å². The number of nitrogen functional groups attached to an aromatic ring is 1. The molecular weight excluding hydrogens is 663 g/mol. The lowest BCUT2D eigenvalue weighted by Gasteiger charge is -2.26. The van der Waals surface area contributed by atoms with Gasteiger partial charge in [-0.1, -0.05) is 78.4 Å². The molecule has 8 aromatic carbocycles. The topological polar surface area (TPSA) is 51.0 Å². The Hall–Kier alpha value is -7.24. The fraction of sp³-hybridized carbons (Fsp3) is 0.0204. The molecule has 8 aromatic rings. The summed E-state index contributed by atoms with van der Waals surface area (Å²) in [4.78, 5) is 4.50. The van der Waals surface area contributed by atoms with E-state index in [2.05, 4.69) is 150 Å². The molecule has 0 atom stereocenters. The number of ether oxygens (including phenoxy) is 2. The van der Waals surface area contributed by atoms with Crippen molar-refractivity contribution in [3.8, 4) is 34.1 Å². The van der Waals surface area contributed by atoms with Gasteiger partial charge in [-0.15, -0.1) is 0 Å². The van der Waals surface area contributed by atoms with E-state index in [4.69, 9.17) is 15.2 Å². The minimum absolute atomic E-state index is 0.705. The molecule has 5 heteroatoms. The lowest BCUT2D eigenvalue weighted by molar-refractivity contribution is 0.482. The van der Waals surface area contributed by atoms with Crippen LogP contribution in [0.25, 0.3) is 11.1 Å². The molecule has 0 radical (unpaired) electrons. The molecular formula is C49H39N3O2. The molecule has 5 nitrogen and oxygen atoms in total. The molecule has 0 aliphatic carbocycles. The van der Waals surface area contributed by atoms with E-state index < -0.39 is 0 Å². The Bertz CT molecular complexity index is 2220. The Kier molecular flexibility index (Phi) is 9.76. The zero-order chi connectivity index (χ0) is 36.7. The van der Waals surface area contributed by atoms with E-state index in [1.807, 2.05) is 72.8 Å². The molecule has 2 N–H and O–H groups in total. The van der Waals surface area contributed by atoms with E-state index >= 15 is 0 Å². The molecule has 0 heterocycles. The van der Waals surface area contributed by atoms with Gasteiger partial charge in [-0.05, 0) is 152 Å². The monoisotopic (exact) mass is 701 g/mol. The zero-order valence-electron chi connectivity index (χ0n) is 29.9. The van der Waals surface area contributed by atoms with Crippen LogP contribution in [0, 0.1) is 6.92 Å². The summed E-state index contributed by atoms with van der Waals surface area (Å²) in [5.74, 6) is 3.11. The maximum Gasteiger partial charge on any atom is 0.127 e. The second-order valence-electron chi connectivity index (χ2n) is 13.0. The Morgan fingerprint density at radius 2 is 0.593 bits per heavy atom. The molecule has 0 saturated heterocycles. The average molecular weight is 702 g/mol. The van der Waals surface area contributed by atoms with Crippen molar-refractivity contribution in [1.29, 1.82) is 0 Å². The third-order valence-corrected chi connectivity index (χ3v) is 9.18. The third kappa shape index (κ3) is 7.81. The quantitative estimate of drug-likeness (QED) is 0.136. The van der Waals surface area contributed by atoms with E-state index in [0.29, 0.717) is 5.69 Å². The number of hydrogen-bond donors (Lipinski definition) is 1. The fourth-order valence-electron chi connectivity index (χ4n) is 6.40. The molecule has 0 saturated carbocycles. The predicted octanol–water partition coefficient (Wildman–Crippen LogP) is 13.8. The van der Waals surface area contributed by atoms with Crippen LogP contribution in [-0.4, -0.2) is 0 Å². The van der Waals surface area contributed by atoms with Crippen molar-refractivity contribution in [3.63, 3.8) is 0 Å². The highest BCUT2D eigenvalue weighted by Crippen LogP contribution is 2.39. The number of anilines is 7. The van der Waals surface area contributed by atoms with Gasteiger partial charge < -0.3 is 25.0 Å². The van der Waals surface area contributed by atoms with Crippen LogP contribution >= 0.6 is 0 Å². The van der Waals surface area contributed by atoms with Gasteiger partial charge in [0, 0.05) is 39.8 Å². The third-order valence-electron chi connectivity index (χ3n) is 9.18. The van der Waals surface area contributed by atoms with E-state index in [1.54, 1.807) is 0 Å². The molecule has 0 bridgehead atoms. The van der Waals surface area contributed by atoms with Crippen LogP contribution in [0.15, 0.2) is 206 Å².